The Balaban J connectivity index is 1.42. The van der Waals surface area contributed by atoms with Gasteiger partial charge in [0.25, 0.3) is 11.8 Å². The molecule has 2 aliphatic rings. The molecule has 1 saturated heterocycles. The second-order valence-electron chi connectivity index (χ2n) is 7.41. The zero-order valence-electron chi connectivity index (χ0n) is 16.9. The van der Waals surface area contributed by atoms with Crippen molar-refractivity contribution in [1.82, 2.24) is 5.32 Å². The van der Waals surface area contributed by atoms with E-state index in [0.717, 1.165) is 22.3 Å². The van der Waals surface area contributed by atoms with Gasteiger partial charge in [-0.2, -0.15) is 0 Å². The lowest BCUT2D eigenvalue weighted by atomic mass is 10.0. The van der Waals surface area contributed by atoms with Gasteiger partial charge in [-0.05, 0) is 40.5 Å². The van der Waals surface area contributed by atoms with Gasteiger partial charge in [0, 0.05) is 0 Å². The van der Waals surface area contributed by atoms with Crippen molar-refractivity contribution < 1.29 is 14.3 Å². The third-order valence-electron chi connectivity index (χ3n) is 5.27. The van der Waals surface area contributed by atoms with Crippen LogP contribution in [-0.4, -0.2) is 22.7 Å². The molecule has 32 heavy (non-hydrogen) atoms. The molecule has 0 radical (unpaired) electrons. The lowest BCUT2D eigenvalue weighted by Gasteiger charge is -2.30. The Morgan fingerprint density at radius 1 is 1.00 bits per heavy atom. The lowest BCUT2D eigenvalue weighted by molar-refractivity contribution is -0.121. The number of anilines is 1. The highest BCUT2D eigenvalue weighted by molar-refractivity contribution is 8.26. The number of fused-ring (bicyclic) bond motifs is 1. The topological polar surface area (TPSA) is 58.6 Å². The van der Waals surface area contributed by atoms with E-state index in [2.05, 4.69) is 29.6 Å². The molecule has 1 N–H and O–H groups in total. The third-order valence-corrected chi connectivity index (χ3v) is 6.43. The second kappa shape index (κ2) is 8.61. The number of thiocarbonyl (C=S) groups is 1. The van der Waals surface area contributed by atoms with Crippen molar-refractivity contribution in [3.05, 3.63) is 88.8 Å². The maximum Gasteiger partial charge on any atom is 0.265 e. The molecule has 2 aliphatic heterocycles. The van der Waals surface area contributed by atoms with E-state index in [1.165, 1.54) is 11.8 Å². The largest absolute Gasteiger partial charge is 0.482 e. The van der Waals surface area contributed by atoms with Gasteiger partial charge in [0.05, 0.1) is 17.1 Å². The van der Waals surface area contributed by atoms with Crippen molar-refractivity contribution in [1.29, 1.82) is 0 Å². The highest BCUT2D eigenvalue weighted by atomic mass is 32.2. The number of benzene rings is 3. The number of carbonyl (C=O) groups is 2. The molecule has 0 spiro atoms. The lowest BCUT2D eigenvalue weighted by Crippen LogP contribution is -2.38. The molecular formula is C25H18N2O3S2. The first kappa shape index (κ1) is 20.5. The van der Waals surface area contributed by atoms with E-state index in [4.69, 9.17) is 17.0 Å². The quantitative estimate of drug-likeness (QED) is 0.451. The van der Waals surface area contributed by atoms with E-state index in [9.17, 15) is 9.59 Å². The molecule has 7 heteroatoms. The number of hydrogen-bond donors (Lipinski definition) is 1. The smallest absolute Gasteiger partial charge is 0.265 e. The van der Waals surface area contributed by atoms with E-state index in [-0.39, 0.29) is 18.4 Å². The van der Waals surface area contributed by atoms with Crippen LogP contribution >= 0.6 is 24.0 Å². The van der Waals surface area contributed by atoms with Crippen LogP contribution in [0.2, 0.25) is 0 Å². The van der Waals surface area contributed by atoms with Crippen LogP contribution in [0.25, 0.3) is 17.2 Å². The van der Waals surface area contributed by atoms with Gasteiger partial charge in [-0.1, -0.05) is 84.6 Å². The van der Waals surface area contributed by atoms with Gasteiger partial charge in [0.2, 0.25) is 0 Å². The monoisotopic (exact) mass is 458 g/mol. The SMILES string of the molecule is O=C1NC(=S)SC1=Cc1ccc2c(c1)N(Cc1ccc(-c3ccccc3)cc1)C(=O)CO2. The zero-order valence-corrected chi connectivity index (χ0v) is 18.5. The summed E-state index contributed by atoms with van der Waals surface area (Å²) < 4.78 is 6.07. The molecule has 158 valence electrons. The number of amides is 2. The minimum atomic E-state index is -0.208. The predicted octanol–water partition coefficient (Wildman–Crippen LogP) is 4.77. The molecule has 1 fully saturated rings. The molecule has 2 heterocycles. The van der Waals surface area contributed by atoms with Crippen LogP contribution in [-0.2, 0) is 16.1 Å². The van der Waals surface area contributed by atoms with Gasteiger partial charge in [-0.15, -0.1) is 0 Å². The van der Waals surface area contributed by atoms with Crippen LogP contribution < -0.4 is 15.0 Å². The van der Waals surface area contributed by atoms with Crippen LogP contribution in [0.15, 0.2) is 77.7 Å². The molecule has 3 aromatic carbocycles. The fourth-order valence-electron chi connectivity index (χ4n) is 3.67. The minimum Gasteiger partial charge on any atom is -0.482 e. The average molecular weight is 459 g/mol. The highest BCUT2D eigenvalue weighted by Gasteiger charge is 2.27. The van der Waals surface area contributed by atoms with Crippen molar-refractivity contribution in [2.24, 2.45) is 0 Å². The van der Waals surface area contributed by atoms with Gasteiger partial charge in [0.15, 0.2) is 6.61 Å². The van der Waals surface area contributed by atoms with Crippen LogP contribution in [0.5, 0.6) is 5.75 Å². The summed E-state index contributed by atoms with van der Waals surface area (Å²) in [7, 11) is 0. The van der Waals surface area contributed by atoms with Gasteiger partial charge in [0.1, 0.15) is 10.1 Å². The van der Waals surface area contributed by atoms with E-state index in [1.54, 1.807) is 11.0 Å². The molecule has 0 unspecified atom stereocenters. The van der Waals surface area contributed by atoms with E-state index in [0.29, 0.717) is 27.2 Å². The Labute approximate surface area is 195 Å². The van der Waals surface area contributed by atoms with Crippen LogP contribution in [0.3, 0.4) is 0 Å². The molecule has 5 rings (SSSR count). The summed E-state index contributed by atoms with van der Waals surface area (Å²) in [6, 6.07) is 23.9. The zero-order chi connectivity index (χ0) is 22.1. The number of hydrogen-bond acceptors (Lipinski definition) is 5. The van der Waals surface area contributed by atoms with Gasteiger partial charge in [-0.3, -0.25) is 9.59 Å². The van der Waals surface area contributed by atoms with Gasteiger partial charge < -0.3 is 15.0 Å². The molecule has 0 aliphatic carbocycles. The third kappa shape index (κ3) is 4.17. The van der Waals surface area contributed by atoms with Crippen molar-refractivity contribution in [3.63, 3.8) is 0 Å². The normalized spacial score (nSPS) is 16.7. The first-order valence-electron chi connectivity index (χ1n) is 10.0. The number of nitrogens with one attached hydrogen (secondary N) is 1. The second-order valence-corrected chi connectivity index (χ2v) is 9.13. The molecule has 3 aromatic rings. The Bertz CT molecular complexity index is 1250. The minimum absolute atomic E-state index is 0.00205. The number of thioether (sulfide) groups is 1. The van der Waals surface area contributed by atoms with Crippen LogP contribution in [0.1, 0.15) is 11.1 Å². The Kier molecular flexibility index (Phi) is 5.51. The molecule has 0 bridgehead atoms. The molecule has 5 nitrogen and oxygen atoms in total. The standard InChI is InChI=1S/C25H18N2O3S2/c28-23-15-30-21-11-8-17(13-22-24(29)26-25(31)32-22)12-20(21)27(23)14-16-6-9-19(10-7-16)18-4-2-1-3-5-18/h1-13H,14-15H2,(H,26,29,31). The number of nitrogens with zero attached hydrogens (tertiary/aromatic N) is 1. The Hall–Kier alpha value is -3.42. The van der Waals surface area contributed by atoms with E-state index < -0.39 is 0 Å². The van der Waals surface area contributed by atoms with Crippen molar-refractivity contribution in [2.75, 3.05) is 11.5 Å². The van der Waals surface area contributed by atoms with E-state index in [1.807, 2.05) is 48.5 Å². The van der Waals surface area contributed by atoms with E-state index >= 15 is 0 Å². The first-order chi connectivity index (χ1) is 15.6. The Morgan fingerprint density at radius 2 is 1.75 bits per heavy atom. The van der Waals surface area contributed by atoms with Gasteiger partial charge in [-0.25, -0.2) is 0 Å². The summed E-state index contributed by atoms with van der Waals surface area (Å²) >= 11 is 6.28. The van der Waals surface area contributed by atoms with Crippen molar-refractivity contribution >= 4 is 51.9 Å². The number of ether oxygens (including phenoxy) is 1. The molecular weight excluding hydrogens is 440 g/mol. The number of rotatable bonds is 4. The molecule has 0 saturated carbocycles. The summed E-state index contributed by atoms with van der Waals surface area (Å²) in [6.07, 6.45) is 1.77. The van der Waals surface area contributed by atoms with Crippen LogP contribution in [0.4, 0.5) is 5.69 Å². The predicted molar refractivity (Wildman–Crippen MR) is 131 cm³/mol. The summed E-state index contributed by atoms with van der Waals surface area (Å²) in [5.74, 6) is 0.329. The first-order valence-corrected chi connectivity index (χ1v) is 11.3. The fourth-order valence-corrected chi connectivity index (χ4v) is 4.71. The summed E-state index contributed by atoms with van der Waals surface area (Å²) in [6.45, 7) is 0.436. The molecule has 2 amide bonds. The molecule has 0 atom stereocenters. The van der Waals surface area contributed by atoms with Crippen LogP contribution in [0, 0.1) is 0 Å². The summed E-state index contributed by atoms with van der Waals surface area (Å²) in [5, 5.41) is 2.61. The Morgan fingerprint density at radius 3 is 2.47 bits per heavy atom. The summed E-state index contributed by atoms with van der Waals surface area (Å²) in [5.41, 5.74) is 4.79. The maximum atomic E-state index is 12.7. The summed E-state index contributed by atoms with van der Waals surface area (Å²) in [4.78, 5) is 26.9. The number of carbonyl (C=O) groups excluding carboxylic acids is 2. The average Bonchev–Trinajstić information content (AvgIpc) is 3.13. The fraction of sp³-hybridized carbons (Fsp3) is 0.0800. The van der Waals surface area contributed by atoms with Crippen molar-refractivity contribution in [2.45, 2.75) is 6.54 Å². The highest BCUT2D eigenvalue weighted by Crippen LogP contribution is 2.36. The van der Waals surface area contributed by atoms with Crippen molar-refractivity contribution in [3.8, 4) is 16.9 Å². The maximum absolute atomic E-state index is 12.7. The van der Waals surface area contributed by atoms with Gasteiger partial charge >= 0.3 is 0 Å². The molecule has 0 aromatic heterocycles.